The van der Waals surface area contributed by atoms with Crippen LogP contribution in [-0.2, 0) is 6.61 Å². The second-order valence-corrected chi connectivity index (χ2v) is 5.32. The molecule has 2 aromatic carbocycles. The Kier molecular flexibility index (Phi) is 4.94. The van der Waals surface area contributed by atoms with Gasteiger partial charge in [0, 0.05) is 16.1 Å². The topological polar surface area (TPSA) is 67.8 Å². The van der Waals surface area contributed by atoms with E-state index in [4.69, 9.17) is 38.9 Å². The van der Waals surface area contributed by atoms with Crippen molar-refractivity contribution in [2.45, 2.75) is 13.5 Å². The van der Waals surface area contributed by atoms with Crippen LogP contribution in [0.15, 0.2) is 41.6 Å². The first-order valence-electron chi connectivity index (χ1n) is 6.16. The highest BCUT2D eigenvalue weighted by atomic mass is 35.5. The van der Waals surface area contributed by atoms with Crippen LogP contribution in [0.25, 0.3) is 0 Å². The Hall–Kier alpha value is -1.91. The van der Waals surface area contributed by atoms with E-state index >= 15 is 0 Å². The van der Waals surface area contributed by atoms with Crippen molar-refractivity contribution in [1.29, 1.82) is 0 Å². The van der Waals surface area contributed by atoms with E-state index in [0.717, 1.165) is 11.1 Å². The van der Waals surface area contributed by atoms with Gasteiger partial charge in [-0.15, -0.1) is 0 Å². The maximum atomic E-state index is 8.65. The van der Waals surface area contributed by atoms with E-state index in [1.165, 1.54) is 0 Å². The van der Waals surface area contributed by atoms with Crippen molar-refractivity contribution in [3.8, 4) is 5.75 Å². The molecule has 110 valence electrons. The van der Waals surface area contributed by atoms with Crippen LogP contribution >= 0.6 is 23.2 Å². The summed E-state index contributed by atoms with van der Waals surface area (Å²) in [4.78, 5) is 0. The zero-order valence-corrected chi connectivity index (χ0v) is 12.8. The predicted molar refractivity (Wildman–Crippen MR) is 84.5 cm³/mol. The standard InChI is InChI=1S/C15H14Cl2N2O2/c1-9-2-3-10(13(16)6-9)8-21-11-4-5-12(14(17)7-11)15(18)19-20/h2-7,20H,8H2,1H3,(H2,18,19). The van der Waals surface area contributed by atoms with Gasteiger partial charge < -0.3 is 15.7 Å². The Morgan fingerprint density at radius 2 is 1.95 bits per heavy atom. The molecule has 0 atom stereocenters. The molecular weight excluding hydrogens is 311 g/mol. The van der Waals surface area contributed by atoms with Crippen LogP contribution in [0.4, 0.5) is 0 Å². The van der Waals surface area contributed by atoms with Gasteiger partial charge >= 0.3 is 0 Å². The molecule has 2 aromatic rings. The van der Waals surface area contributed by atoms with Gasteiger partial charge in [-0.1, -0.05) is 40.5 Å². The van der Waals surface area contributed by atoms with Crippen LogP contribution in [0.1, 0.15) is 16.7 Å². The van der Waals surface area contributed by atoms with Crippen LogP contribution in [0.3, 0.4) is 0 Å². The Morgan fingerprint density at radius 3 is 2.57 bits per heavy atom. The van der Waals surface area contributed by atoms with Gasteiger partial charge in [0.15, 0.2) is 5.84 Å². The molecule has 0 aliphatic carbocycles. The molecule has 0 heterocycles. The summed E-state index contributed by atoms with van der Waals surface area (Å²) in [7, 11) is 0. The molecule has 2 rings (SSSR count). The first-order chi connectivity index (χ1) is 10.0. The fourth-order valence-corrected chi connectivity index (χ4v) is 2.33. The van der Waals surface area contributed by atoms with Crippen molar-refractivity contribution in [3.05, 3.63) is 63.1 Å². The van der Waals surface area contributed by atoms with Gasteiger partial charge in [0.05, 0.1) is 5.02 Å². The number of hydrogen-bond donors (Lipinski definition) is 2. The average molecular weight is 325 g/mol. The van der Waals surface area contributed by atoms with E-state index in [1.54, 1.807) is 18.2 Å². The Morgan fingerprint density at radius 1 is 1.19 bits per heavy atom. The lowest BCUT2D eigenvalue weighted by molar-refractivity contribution is 0.306. The molecule has 4 nitrogen and oxygen atoms in total. The number of hydrogen-bond acceptors (Lipinski definition) is 3. The summed E-state index contributed by atoms with van der Waals surface area (Å²) in [6.45, 7) is 2.31. The summed E-state index contributed by atoms with van der Waals surface area (Å²) in [5, 5.41) is 12.6. The molecule has 0 amide bonds. The van der Waals surface area contributed by atoms with Crippen molar-refractivity contribution < 1.29 is 9.94 Å². The van der Waals surface area contributed by atoms with E-state index in [1.807, 2.05) is 25.1 Å². The van der Waals surface area contributed by atoms with Gasteiger partial charge in [-0.2, -0.15) is 0 Å². The second-order valence-electron chi connectivity index (χ2n) is 4.51. The van der Waals surface area contributed by atoms with Crippen LogP contribution < -0.4 is 10.5 Å². The molecule has 0 bridgehead atoms. The average Bonchev–Trinajstić information content (AvgIpc) is 2.45. The molecule has 6 heteroatoms. The van der Waals surface area contributed by atoms with E-state index in [2.05, 4.69) is 5.16 Å². The lowest BCUT2D eigenvalue weighted by atomic mass is 10.1. The predicted octanol–water partition coefficient (Wildman–Crippen LogP) is 3.98. The van der Waals surface area contributed by atoms with Crippen LogP contribution in [0.2, 0.25) is 10.0 Å². The number of nitrogens with two attached hydrogens (primary N) is 1. The van der Waals surface area contributed by atoms with Gasteiger partial charge in [0.25, 0.3) is 0 Å². The molecule has 0 aliphatic heterocycles. The highest BCUT2D eigenvalue weighted by molar-refractivity contribution is 6.34. The molecule has 0 saturated carbocycles. The third-order valence-electron chi connectivity index (χ3n) is 2.93. The third-order valence-corrected chi connectivity index (χ3v) is 3.59. The molecule has 0 aromatic heterocycles. The van der Waals surface area contributed by atoms with Gasteiger partial charge in [0.1, 0.15) is 12.4 Å². The smallest absolute Gasteiger partial charge is 0.171 e. The molecule has 0 spiro atoms. The molecule has 0 fully saturated rings. The summed E-state index contributed by atoms with van der Waals surface area (Å²) >= 11 is 12.2. The summed E-state index contributed by atoms with van der Waals surface area (Å²) in [6, 6.07) is 10.7. The Balaban J connectivity index is 2.12. The maximum Gasteiger partial charge on any atom is 0.171 e. The second kappa shape index (κ2) is 6.70. The number of rotatable bonds is 4. The van der Waals surface area contributed by atoms with Crippen LogP contribution in [0.5, 0.6) is 5.75 Å². The minimum Gasteiger partial charge on any atom is -0.489 e. The first-order valence-corrected chi connectivity index (χ1v) is 6.92. The summed E-state index contributed by atoms with van der Waals surface area (Å²) in [5.41, 5.74) is 7.93. The number of ether oxygens (including phenoxy) is 1. The molecule has 21 heavy (non-hydrogen) atoms. The molecule has 0 radical (unpaired) electrons. The van der Waals surface area contributed by atoms with Gasteiger partial charge in [-0.25, -0.2) is 0 Å². The van der Waals surface area contributed by atoms with E-state index < -0.39 is 0 Å². The number of aryl methyl sites for hydroxylation is 1. The summed E-state index contributed by atoms with van der Waals surface area (Å²) < 4.78 is 5.65. The van der Waals surface area contributed by atoms with Crippen molar-refractivity contribution >= 4 is 29.0 Å². The molecule has 0 unspecified atom stereocenters. The Labute approximate surface area is 132 Å². The third kappa shape index (κ3) is 3.80. The van der Waals surface area contributed by atoms with Crippen molar-refractivity contribution in [2.75, 3.05) is 0 Å². The maximum absolute atomic E-state index is 8.65. The normalized spacial score (nSPS) is 11.5. The SMILES string of the molecule is Cc1ccc(COc2ccc(/C(N)=N/O)c(Cl)c2)c(Cl)c1. The van der Waals surface area contributed by atoms with Crippen molar-refractivity contribution in [2.24, 2.45) is 10.9 Å². The summed E-state index contributed by atoms with van der Waals surface area (Å²) in [5.74, 6) is 0.527. The number of halogens is 2. The van der Waals surface area contributed by atoms with Gasteiger partial charge in [-0.05, 0) is 36.8 Å². The first kappa shape index (κ1) is 15.5. The van der Waals surface area contributed by atoms with Crippen LogP contribution in [0, 0.1) is 6.92 Å². The van der Waals surface area contributed by atoms with Crippen molar-refractivity contribution in [3.63, 3.8) is 0 Å². The van der Waals surface area contributed by atoms with E-state index in [0.29, 0.717) is 28.0 Å². The Bertz CT molecular complexity index is 687. The van der Waals surface area contributed by atoms with Crippen molar-refractivity contribution in [1.82, 2.24) is 0 Å². The number of amidine groups is 1. The number of benzene rings is 2. The van der Waals surface area contributed by atoms with Crippen LogP contribution in [-0.4, -0.2) is 11.0 Å². The van der Waals surface area contributed by atoms with E-state index in [9.17, 15) is 0 Å². The molecule has 0 aliphatic rings. The zero-order chi connectivity index (χ0) is 15.4. The van der Waals surface area contributed by atoms with Gasteiger partial charge in [0.2, 0.25) is 0 Å². The number of nitrogens with zero attached hydrogens (tertiary/aromatic N) is 1. The van der Waals surface area contributed by atoms with Gasteiger partial charge in [-0.3, -0.25) is 0 Å². The molecular formula is C15H14Cl2N2O2. The fourth-order valence-electron chi connectivity index (χ4n) is 1.78. The number of oxime groups is 1. The summed E-state index contributed by atoms with van der Waals surface area (Å²) in [6.07, 6.45) is 0. The monoisotopic (exact) mass is 324 g/mol. The highest BCUT2D eigenvalue weighted by Gasteiger charge is 2.08. The molecule has 0 saturated heterocycles. The fraction of sp³-hybridized carbons (Fsp3) is 0.133. The molecule has 3 N–H and O–H groups in total. The largest absolute Gasteiger partial charge is 0.489 e. The quantitative estimate of drug-likeness (QED) is 0.387. The minimum atomic E-state index is -0.0480. The zero-order valence-electron chi connectivity index (χ0n) is 11.3. The lowest BCUT2D eigenvalue weighted by Crippen LogP contribution is -2.13. The highest BCUT2D eigenvalue weighted by Crippen LogP contribution is 2.24. The lowest BCUT2D eigenvalue weighted by Gasteiger charge is -2.10. The van der Waals surface area contributed by atoms with E-state index in [-0.39, 0.29) is 5.84 Å². The minimum absolute atomic E-state index is 0.0480.